The summed E-state index contributed by atoms with van der Waals surface area (Å²) in [6, 6.07) is 24.6. The van der Waals surface area contributed by atoms with Crippen LogP contribution in [0.5, 0.6) is 5.75 Å². The lowest BCUT2D eigenvalue weighted by Gasteiger charge is -2.11. The smallest absolute Gasteiger partial charge is 0.243 e. The zero-order valence-corrected chi connectivity index (χ0v) is 19.0. The van der Waals surface area contributed by atoms with Gasteiger partial charge in [0.1, 0.15) is 12.4 Å². The van der Waals surface area contributed by atoms with E-state index in [1.807, 2.05) is 78.9 Å². The molecule has 0 bridgehead atoms. The molecule has 0 aliphatic rings. The van der Waals surface area contributed by atoms with Crippen molar-refractivity contribution >= 4 is 28.9 Å². The molecule has 0 unspecified atom stereocenters. The van der Waals surface area contributed by atoms with Gasteiger partial charge < -0.3 is 20.7 Å². The normalized spacial score (nSPS) is 10.3. The van der Waals surface area contributed by atoms with Crippen LogP contribution in [-0.4, -0.2) is 18.4 Å². The number of benzene rings is 3. The van der Waals surface area contributed by atoms with Crippen LogP contribution in [0, 0.1) is 0 Å². The summed E-state index contributed by atoms with van der Waals surface area (Å²) in [5.74, 6) is 0.583. The van der Waals surface area contributed by atoms with E-state index in [2.05, 4.69) is 22.9 Å². The molecule has 3 aromatic rings. The Bertz CT molecular complexity index is 1020. The largest absolute Gasteiger partial charge is 0.489 e. The third-order valence-electron chi connectivity index (χ3n) is 4.99. The molecule has 3 aromatic carbocycles. The highest BCUT2D eigenvalue weighted by Crippen LogP contribution is 2.18. The second kappa shape index (κ2) is 12.9. The van der Waals surface area contributed by atoms with E-state index >= 15 is 0 Å². The fourth-order valence-electron chi connectivity index (χ4n) is 3.23. The third-order valence-corrected chi connectivity index (χ3v) is 4.99. The van der Waals surface area contributed by atoms with Crippen molar-refractivity contribution in [2.24, 2.45) is 0 Å². The Labute approximate surface area is 195 Å². The third kappa shape index (κ3) is 8.69. The maximum Gasteiger partial charge on any atom is 0.243 e. The first-order valence-corrected chi connectivity index (χ1v) is 11.3. The van der Waals surface area contributed by atoms with Gasteiger partial charge in [-0.1, -0.05) is 56.2 Å². The van der Waals surface area contributed by atoms with Crippen LogP contribution in [0.1, 0.15) is 38.2 Å². The highest BCUT2D eigenvalue weighted by molar-refractivity contribution is 5.94. The Morgan fingerprint density at radius 2 is 1.48 bits per heavy atom. The summed E-state index contributed by atoms with van der Waals surface area (Å²) >= 11 is 0. The van der Waals surface area contributed by atoms with Crippen LogP contribution in [0.3, 0.4) is 0 Å². The molecule has 3 N–H and O–H groups in total. The van der Waals surface area contributed by atoms with Crippen molar-refractivity contribution in [2.75, 3.05) is 22.5 Å². The molecule has 0 saturated carbocycles. The van der Waals surface area contributed by atoms with E-state index in [9.17, 15) is 9.59 Å². The monoisotopic (exact) mass is 445 g/mol. The van der Waals surface area contributed by atoms with Gasteiger partial charge in [0.15, 0.2) is 0 Å². The van der Waals surface area contributed by atoms with E-state index in [-0.39, 0.29) is 18.4 Å². The Morgan fingerprint density at radius 3 is 2.24 bits per heavy atom. The van der Waals surface area contributed by atoms with Crippen LogP contribution in [0.25, 0.3) is 0 Å². The van der Waals surface area contributed by atoms with Gasteiger partial charge in [-0.05, 0) is 54.4 Å². The Kier molecular flexibility index (Phi) is 9.33. The molecule has 0 saturated heterocycles. The minimum atomic E-state index is -0.165. The Morgan fingerprint density at radius 1 is 0.758 bits per heavy atom. The van der Waals surface area contributed by atoms with Crippen molar-refractivity contribution in [3.8, 4) is 5.75 Å². The summed E-state index contributed by atoms with van der Waals surface area (Å²) in [6.45, 7) is 2.72. The van der Waals surface area contributed by atoms with Gasteiger partial charge in [-0.15, -0.1) is 0 Å². The predicted octanol–water partition coefficient (Wildman–Crippen LogP) is 5.84. The number of nitrogens with one attached hydrogen (secondary N) is 3. The molecule has 6 nitrogen and oxygen atoms in total. The molecule has 0 radical (unpaired) electrons. The van der Waals surface area contributed by atoms with Crippen LogP contribution in [0.4, 0.5) is 17.1 Å². The molecule has 0 aliphatic carbocycles. The lowest BCUT2D eigenvalue weighted by Crippen LogP contribution is -2.21. The summed E-state index contributed by atoms with van der Waals surface area (Å²) < 4.78 is 5.77. The van der Waals surface area contributed by atoms with Crippen molar-refractivity contribution in [3.63, 3.8) is 0 Å². The topological polar surface area (TPSA) is 79.5 Å². The Hall–Kier alpha value is -3.80. The molecular formula is C27H31N3O3. The fraction of sp³-hybridized carbons (Fsp3) is 0.259. The Balaban J connectivity index is 1.42. The standard InChI is InChI=1S/C27H31N3O3/c1-2-3-5-13-26(31)30-24-12-8-11-23(18-24)28-19-27(32)29-22-14-16-25(17-15-22)33-20-21-9-6-4-7-10-21/h4,6-12,14-18,28H,2-3,5,13,19-20H2,1H3,(H,29,32)(H,30,31). The summed E-state index contributed by atoms with van der Waals surface area (Å²) in [5, 5.41) is 8.86. The van der Waals surface area contributed by atoms with Crippen molar-refractivity contribution in [1.82, 2.24) is 0 Å². The molecule has 0 aliphatic heterocycles. The molecule has 0 spiro atoms. The van der Waals surface area contributed by atoms with Crippen LogP contribution < -0.4 is 20.7 Å². The molecule has 2 amide bonds. The minimum absolute atomic E-state index is 0.00883. The van der Waals surface area contributed by atoms with E-state index in [0.717, 1.165) is 36.3 Å². The van der Waals surface area contributed by atoms with Gasteiger partial charge in [0, 0.05) is 23.5 Å². The van der Waals surface area contributed by atoms with Crippen molar-refractivity contribution in [1.29, 1.82) is 0 Å². The zero-order valence-electron chi connectivity index (χ0n) is 19.0. The van der Waals surface area contributed by atoms with Crippen molar-refractivity contribution in [3.05, 3.63) is 84.4 Å². The maximum atomic E-state index is 12.3. The predicted molar refractivity (Wildman–Crippen MR) is 134 cm³/mol. The second-order valence-corrected chi connectivity index (χ2v) is 7.79. The van der Waals surface area contributed by atoms with Crippen molar-refractivity contribution in [2.45, 2.75) is 39.2 Å². The summed E-state index contributed by atoms with van der Waals surface area (Å²) in [5.41, 5.74) is 3.28. The number of carbonyl (C=O) groups excluding carboxylic acids is 2. The van der Waals surface area contributed by atoms with Crippen LogP contribution in [-0.2, 0) is 16.2 Å². The molecule has 0 heterocycles. The first-order chi connectivity index (χ1) is 16.1. The van der Waals surface area contributed by atoms with E-state index in [0.29, 0.717) is 24.4 Å². The minimum Gasteiger partial charge on any atom is -0.489 e. The van der Waals surface area contributed by atoms with E-state index in [1.54, 1.807) is 0 Å². The first kappa shape index (κ1) is 23.9. The summed E-state index contributed by atoms with van der Waals surface area (Å²) in [7, 11) is 0. The lowest BCUT2D eigenvalue weighted by molar-refractivity contribution is -0.116. The van der Waals surface area contributed by atoms with E-state index in [1.165, 1.54) is 0 Å². The number of carbonyl (C=O) groups is 2. The molecular weight excluding hydrogens is 414 g/mol. The molecule has 172 valence electrons. The number of rotatable bonds is 12. The molecule has 33 heavy (non-hydrogen) atoms. The van der Waals surface area contributed by atoms with Gasteiger partial charge in [0.05, 0.1) is 6.54 Å². The molecule has 0 fully saturated rings. The summed E-state index contributed by atoms with van der Waals surface area (Å²) in [4.78, 5) is 24.3. The average Bonchev–Trinajstić information content (AvgIpc) is 2.83. The first-order valence-electron chi connectivity index (χ1n) is 11.3. The maximum absolute atomic E-state index is 12.3. The summed E-state index contributed by atoms with van der Waals surface area (Å²) in [6.07, 6.45) is 3.54. The van der Waals surface area contributed by atoms with Gasteiger partial charge in [0.25, 0.3) is 0 Å². The van der Waals surface area contributed by atoms with Gasteiger partial charge in [-0.25, -0.2) is 0 Å². The number of amides is 2. The van der Waals surface area contributed by atoms with Crippen LogP contribution >= 0.6 is 0 Å². The number of ether oxygens (including phenoxy) is 1. The van der Waals surface area contributed by atoms with Crippen LogP contribution in [0.15, 0.2) is 78.9 Å². The number of unbranched alkanes of at least 4 members (excludes halogenated alkanes) is 2. The zero-order chi connectivity index (χ0) is 23.3. The van der Waals surface area contributed by atoms with Gasteiger partial charge in [-0.3, -0.25) is 9.59 Å². The quantitative estimate of drug-likeness (QED) is 0.306. The highest BCUT2D eigenvalue weighted by Gasteiger charge is 2.06. The SMILES string of the molecule is CCCCCC(=O)Nc1cccc(NCC(=O)Nc2ccc(OCc3ccccc3)cc2)c1. The van der Waals surface area contributed by atoms with Gasteiger partial charge in [0.2, 0.25) is 11.8 Å². The van der Waals surface area contributed by atoms with Crippen LogP contribution in [0.2, 0.25) is 0 Å². The average molecular weight is 446 g/mol. The van der Waals surface area contributed by atoms with Gasteiger partial charge >= 0.3 is 0 Å². The number of anilines is 3. The molecule has 0 atom stereocenters. The molecule has 3 rings (SSSR count). The highest BCUT2D eigenvalue weighted by atomic mass is 16.5. The lowest BCUT2D eigenvalue weighted by atomic mass is 10.2. The van der Waals surface area contributed by atoms with E-state index in [4.69, 9.17) is 4.74 Å². The van der Waals surface area contributed by atoms with Crippen molar-refractivity contribution < 1.29 is 14.3 Å². The van der Waals surface area contributed by atoms with E-state index < -0.39 is 0 Å². The molecule has 0 aromatic heterocycles. The number of hydrogen-bond acceptors (Lipinski definition) is 4. The molecule has 6 heteroatoms. The number of hydrogen-bond donors (Lipinski definition) is 3. The fourth-order valence-corrected chi connectivity index (χ4v) is 3.23. The second-order valence-electron chi connectivity index (χ2n) is 7.79. The van der Waals surface area contributed by atoms with Gasteiger partial charge in [-0.2, -0.15) is 0 Å².